The van der Waals surface area contributed by atoms with Crippen molar-refractivity contribution >= 4 is 46.5 Å². The van der Waals surface area contributed by atoms with Crippen LogP contribution in [0.5, 0.6) is 5.75 Å². The fraction of sp³-hybridized carbons (Fsp3) is 0.211. The molecule has 0 spiro atoms. The molecule has 140 valence electrons. The number of benzene rings is 2. The van der Waals surface area contributed by atoms with Crippen molar-refractivity contribution in [3.05, 3.63) is 60.2 Å². The number of thioether (sulfide) groups is 2. The van der Waals surface area contributed by atoms with Gasteiger partial charge in [-0.2, -0.15) is 0 Å². The lowest BCUT2D eigenvalue weighted by molar-refractivity contribution is -0.115. The second-order valence-electron chi connectivity index (χ2n) is 5.40. The third-order valence-corrected chi connectivity index (χ3v) is 6.83. The second kappa shape index (κ2) is 9.77. The highest BCUT2D eigenvalue weighted by Crippen LogP contribution is 2.39. The Labute approximate surface area is 170 Å². The van der Waals surface area contributed by atoms with E-state index in [9.17, 15) is 4.79 Å². The summed E-state index contributed by atoms with van der Waals surface area (Å²) in [6.45, 7) is 2.08. The molecule has 1 amide bonds. The van der Waals surface area contributed by atoms with E-state index >= 15 is 0 Å². The van der Waals surface area contributed by atoms with Crippen molar-refractivity contribution in [2.24, 2.45) is 0 Å². The van der Waals surface area contributed by atoms with E-state index in [-0.39, 0.29) is 5.91 Å². The topological polar surface area (TPSA) is 64.1 Å². The Balaban J connectivity index is 1.81. The minimum atomic E-state index is -0.426. The Kier molecular flexibility index (Phi) is 7.14. The van der Waals surface area contributed by atoms with Gasteiger partial charge in [-0.1, -0.05) is 78.2 Å². The number of amides is 1. The summed E-state index contributed by atoms with van der Waals surface area (Å²) in [6, 6.07) is 17.0. The molecule has 0 fully saturated rings. The third kappa shape index (κ3) is 5.47. The number of carbonyl (C=O) groups excluding carboxylic acids is 1. The van der Waals surface area contributed by atoms with Crippen LogP contribution in [0.1, 0.15) is 17.7 Å². The van der Waals surface area contributed by atoms with Gasteiger partial charge < -0.3 is 10.1 Å². The number of hydrogen-bond donors (Lipinski definition) is 1. The molecule has 0 unspecified atom stereocenters. The zero-order chi connectivity index (χ0) is 19.1. The standard InChI is InChI=1S/C19H19N3O2S3/c1-3-25-18-21-22-19(27-18)26-16(13-8-5-4-6-9-13)17(23)20-14-10-7-11-15(12-14)24-2/h4-12,16H,3H2,1-2H3,(H,20,23)/t16-/m1/s1. The van der Waals surface area contributed by atoms with Crippen molar-refractivity contribution in [2.75, 3.05) is 18.2 Å². The van der Waals surface area contributed by atoms with Crippen LogP contribution in [0.4, 0.5) is 5.69 Å². The first-order valence-electron chi connectivity index (χ1n) is 8.32. The minimum absolute atomic E-state index is 0.112. The molecular weight excluding hydrogens is 398 g/mol. The van der Waals surface area contributed by atoms with Crippen molar-refractivity contribution in [2.45, 2.75) is 20.9 Å². The number of ether oxygens (including phenoxy) is 1. The highest BCUT2D eigenvalue weighted by molar-refractivity contribution is 8.03. The fourth-order valence-electron chi connectivity index (χ4n) is 2.34. The van der Waals surface area contributed by atoms with Gasteiger partial charge in [-0.15, -0.1) is 10.2 Å². The normalized spacial score (nSPS) is 11.8. The molecule has 3 rings (SSSR count). The molecule has 1 heterocycles. The number of carbonyl (C=O) groups is 1. The van der Waals surface area contributed by atoms with E-state index in [4.69, 9.17) is 4.74 Å². The average Bonchev–Trinajstić information content (AvgIpc) is 3.14. The predicted octanol–water partition coefficient (Wildman–Crippen LogP) is 5.13. The maximum absolute atomic E-state index is 13.0. The van der Waals surface area contributed by atoms with Crippen LogP contribution in [0.3, 0.4) is 0 Å². The summed E-state index contributed by atoms with van der Waals surface area (Å²) in [4.78, 5) is 13.0. The summed E-state index contributed by atoms with van der Waals surface area (Å²) in [7, 11) is 1.60. The Morgan fingerprint density at radius 3 is 2.67 bits per heavy atom. The van der Waals surface area contributed by atoms with Gasteiger partial charge in [0.05, 0.1) is 7.11 Å². The summed E-state index contributed by atoms with van der Waals surface area (Å²) in [5.41, 5.74) is 1.61. The van der Waals surface area contributed by atoms with Crippen LogP contribution < -0.4 is 10.1 Å². The lowest BCUT2D eigenvalue weighted by Gasteiger charge is -2.16. The molecule has 27 heavy (non-hydrogen) atoms. The Morgan fingerprint density at radius 2 is 1.93 bits per heavy atom. The number of rotatable bonds is 8. The van der Waals surface area contributed by atoms with Gasteiger partial charge in [-0.25, -0.2) is 0 Å². The van der Waals surface area contributed by atoms with Gasteiger partial charge in [0.25, 0.3) is 0 Å². The van der Waals surface area contributed by atoms with Crippen molar-refractivity contribution in [3.63, 3.8) is 0 Å². The smallest absolute Gasteiger partial charge is 0.242 e. The van der Waals surface area contributed by atoms with Crippen LogP contribution in [0.25, 0.3) is 0 Å². The first-order chi connectivity index (χ1) is 13.2. The van der Waals surface area contributed by atoms with Crippen molar-refractivity contribution in [3.8, 4) is 5.75 Å². The summed E-state index contributed by atoms with van der Waals surface area (Å²) in [6.07, 6.45) is 0. The molecule has 8 heteroatoms. The van der Waals surface area contributed by atoms with Gasteiger partial charge in [-0.05, 0) is 23.4 Å². The van der Waals surface area contributed by atoms with E-state index in [2.05, 4.69) is 22.4 Å². The van der Waals surface area contributed by atoms with E-state index in [1.165, 1.54) is 23.1 Å². The van der Waals surface area contributed by atoms with Crippen LogP contribution in [0, 0.1) is 0 Å². The van der Waals surface area contributed by atoms with E-state index < -0.39 is 5.25 Å². The maximum Gasteiger partial charge on any atom is 0.242 e. The van der Waals surface area contributed by atoms with E-state index in [0.29, 0.717) is 11.4 Å². The number of aromatic nitrogens is 2. The molecule has 1 aromatic heterocycles. The number of methoxy groups -OCH3 is 1. The molecule has 5 nitrogen and oxygen atoms in total. The highest BCUT2D eigenvalue weighted by Gasteiger charge is 2.24. The van der Waals surface area contributed by atoms with Gasteiger partial charge in [0.1, 0.15) is 11.0 Å². The molecule has 1 N–H and O–H groups in total. The van der Waals surface area contributed by atoms with Crippen LogP contribution >= 0.6 is 34.9 Å². The molecule has 0 saturated carbocycles. The lowest BCUT2D eigenvalue weighted by Crippen LogP contribution is -2.19. The van der Waals surface area contributed by atoms with E-state index in [0.717, 1.165) is 20.0 Å². The van der Waals surface area contributed by atoms with Crippen molar-refractivity contribution in [1.82, 2.24) is 10.2 Å². The molecule has 3 aromatic rings. The molecule has 1 atom stereocenters. The first-order valence-corrected chi connectivity index (χ1v) is 11.0. The Bertz CT molecular complexity index is 887. The molecule has 0 aliphatic heterocycles. The number of hydrogen-bond acceptors (Lipinski definition) is 7. The van der Waals surface area contributed by atoms with Crippen LogP contribution in [-0.2, 0) is 4.79 Å². The van der Waals surface area contributed by atoms with Crippen LogP contribution in [0.15, 0.2) is 63.3 Å². The van der Waals surface area contributed by atoms with Gasteiger partial charge in [0.2, 0.25) is 5.91 Å². The second-order valence-corrected chi connectivity index (χ2v) is 9.24. The van der Waals surface area contributed by atoms with Crippen LogP contribution in [0.2, 0.25) is 0 Å². The monoisotopic (exact) mass is 417 g/mol. The minimum Gasteiger partial charge on any atom is -0.497 e. The molecule has 0 radical (unpaired) electrons. The molecular formula is C19H19N3O2S3. The average molecular weight is 418 g/mol. The van der Waals surface area contributed by atoms with E-state index in [1.54, 1.807) is 24.9 Å². The molecule has 0 aliphatic carbocycles. The zero-order valence-corrected chi connectivity index (χ0v) is 17.4. The molecule has 0 bridgehead atoms. The largest absolute Gasteiger partial charge is 0.497 e. The van der Waals surface area contributed by atoms with Gasteiger partial charge in [0.15, 0.2) is 8.68 Å². The van der Waals surface area contributed by atoms with E-state index in [1.807, 2.05) is 48.5 Å². The van der Waals surface area contributed by atoms with Gasteiger partial charge >= 0.3 is 0 Å². The first kappa shape index (κ1) is 19.7. The molecule has 2 aromatic carbocycles. The van der Waals surface area contributed by atoms with Gasteiger partial charge in [-0.3, -0.25) is 4.79 Å². The summed E-state index contributed by atoms with van der Waals surface area (Å²) in [5.74, 6) is 1.53. The Hall–Kier alpha value is -2.03. The number of nitrogens with one attached hydrogen (secondary N) is 1. The highest BCUT2D eigenvalue weighted by atomic mass is 32.2. The quantitative estimate of drug-likeness (QED) is 0.513. The number of anilines is 1. The van der Waals surface area contributed by atoms with Crippen LogP contribution in [-0.4, -0.2) is 29.0 Å². The summed E-state index contributed by atoms with van der Waals surface area (Å²) < 4.78 is 6.92. The van der Waals surface area contributed by atoms with Crippen molar-refractivity contribution in [1.29, 1.82) is 0 Å². The molecule has 0 saturated heterocycles. The zero-order valence-electron chi connectivity index (χ0n) is 14.9. The third-order valence-electron chi connectivity index (χ3n) is 3.55. The summed E-state index contributed by atoms with van der Waals surface area (Å²) in [5, 5.41) is 11.0. The SMILES string of the molecule is CCSc1nnc(S[C@@H](C(=O)Nc2cccc(OC)c2)c2ccccc2)s1. The predicted molar refractivity (Wildman–Crippen MR) is 113 cm³/mol. The van der Waals surface area contributed by atoms with Gasteiger partial charge in [0, 0.05) is 11.8 Å². The molecule has 0 aliphatic rings. The lowest BCUT2D eigenvalue weighted by atomic mass is 10.1. The van der Waals surface area contributed by atoms with Crippen molar-refractivity contribution < 1.29 is 9.53 Å². The fourth-order valence-corrected chi connectivity index (χ4v) is 5.45. The summed E-state index contributed by atoms with van der Waals surface area (Å²) >= 11 is 4.58. The maximum atomic E-state index is 13.0. The number of nitrogens with zero attached hydrogens (tertiary/aromatic N) is 2. The Morgan fingerprint density at radius 1 is 1.15 bits per heavy atom.